The molecule has 0 saturated carbocycles. The average molecular weight is 381 g/mol. The first-order valence-corrected chi connectivity index (χ1v) is 9.07. The van der Waals surface area contributed by atoms with E-state index in [9.17, 15) is 4.79 Å². The number of halogens is 1. The van der Waals surface area contributed by atoms with E-state index in [1.807, 2.05) is 42.5 Å². The Hall–Kier alpha value is -2.98. The van der Waals surface area contributed by atoms with Crippen LogP contribution in [-0.4, -0.2) is 19.6 Å². The summed E-state index contributed by atoms with van der Waals surface area (Å²) in [6.07, 6.45) is 0.856. The zero-order chi connectivity index (χ0) is 19.1. The summed E-state index contributed by atoms with van der Waals surface area (Å²) in [5, 5.41) is 6.67. The Bertz CT molecular complexity index is 910. The van der Waals surface area contributed by atoms with E-state index in [1.165, 1.54) is 0 Å². The molecule has 0 heterocycles. The third-order valence-electron chi connectivity index (χ3n) is 4.18. The highest BCUT2D eigenvalue weighted by molar-refractivity contribution is 6.34. The molecule has 0 aromatic heterocycles. The molecule has 1 amide bonds. The first-order chi connectivity index (χ1) is 13.2. The van der Waals surface area contributed by atoms with E-state index < -0.39 is 0 Å². The number of hydrogen-bond acceptors (Lipinski definition) is 3. The topological polar surface area (TPSA) is 50.4 Å². The SMILES string of the molecule is COc1ccccc1CCNc1ccc(NC(=O)c2ccccc2Cl)cc1. The van der Waals surface area contributed by atoms with Gasteiger partial charge in [0.15, 0.2) is 0 Å². The van der Waals surface area contributed by atoms with Crippen molar-refractivity contribution in [2.75, 3.05) is 24.3 Å². The van der Waals surface area contributed by atoms with Crippen molar-refractivity contribution in [3.05, 3.63) is 88.9 Å². The van der Waals surface area contributed by atoms with E-state index in [1.54, 1.807) is 31.4 Å². The van der Waals surface area contributed by atoms with Crippen molar-refractivity contribution < 1.29 is 9.53 Å². The van der Waals surface area contributed by atoms with Gasteiger partial charge < -0.3 is 15.4 Å². The number of para-hydroxylation sites is 1. The molecule has 27 heavy (non-hydrogen) atoms. The second-order valence-electron chi connectivity index (χ2n) is 6.00. The van der Waals surface area contributed by atoms with Gasteiger partial charge in [0.1, 0.15) is 5.75 Å². The van der Waals surface area contributed by atoms with Crippen molar-refractivity contribution in [1.82, 2.24) is 0 Å². The number of ether oxygens (including phenoxy) is 1. The van der Waals surface area contributed by atoms with Gasteiger partial charge in [0.05, 0.1) is 17.7 Å². The van der Waals surface area contributed by atoms with E-state index >= 15 is 0 Å². The maximum Gasteiger partial charge on any atom is 0.257 e. The Morgan fingerprint density at radius 3 is 2.33 bits per heavy atom. The lowest BCUT2D eigenvalue weighted by atomic mass is 10.1. The maximum atomic E-state index is 12.3. The molecule has 0 atom stereocenters. The summed E-state index contributed by atoms with van der Waals surface area (Å²) < 4.78 is 5.37. The molecule has 0 radical (unpaired) electrons. The molecule has 0 bridgehead atoms. The van der Waals surface area contributed by atoms with Gasteiger partial charge >= 0.3 is 0 Å². The highest BCUT2D eigenvalue weighted by atomic mass is 35.5. The number of benzene rings is 3. The molecule has 4 nitrogen and oxygen atoms in total. The molecule has 3 aromatic rings. The second-order valence-corrected chi connectivity index (χ2v) is 6.41. The van der Waals surface area contributed by atoms with Gasteiger partial charge in [-0.1, -0.05) is 41.9 Å². The van der Waals surface area contributed by atoms with Crippen molar-refractivity contribution in [1.29, 1.82) is 0 Å². The van der Waals surface area contributed by atoms with Crippen LogP contribution in [0.3, 0.4) is 0 Å². The van der Waals surface area contributed by atoms with Crippen LogP contribution >= 0.6 is 11.6 Å². The zero-order valence-corrected chi connectivity index (χ0v) is 15.8. The minimum Gasteiger partial charge on any atom is -0.496 e. The number of anilines is 2. The molecule has 0 aliphatic heterocycles. The first kappa shape index (κ1) is 18.8. The van der Waals surface area contributed by atoms with Crippen molar-refractivity contribution in [3.8, 4) is 5.75 Å². The molecular formula is C22H21ClN2O2. The number of hydrogen-bond donors (Lipinski definition) is 2. The molecule has 2 N–H and O–H groups in total. The predicted molar refractivity (Wildman–Crippen MR) is 111 cm³/mol. The number of methoxy groups -OCH3 is 1. The Morgan fingerprint density at radius 1 is 0.926 bits per heavy atom. The molecule has 0 saturated heterocycles. The van der Waals surface area contributed by atoms with Crippen molar-refractivity contribution in [3.63, 3.8) is 0 Å². The number of rotatable bonds is 7. The molecule has 5 heteroatoms. The van der Waals surface area contributed by atoms with Gasteiger partial charge in [-0.2, -0.15) is 0 Å². The second kappa shape index (κ2) is 9.10. The summed E-state index contributed by atoms with van der Waals surface area (Å²) in [6.45, 7) is 0.783. The highest BCUT2D eigenvalue weighted by Crippen LogP contribution is 2.20. The fourth-order valence-electron chi connectivity index (χ4n) is 2.77. The summed E-state index contributed by atoms with van der Waals surface area (Å²) in [6, 6.07) is 22.6. The lowest BCUT2D eigenvalue weighted by Crippen LogP contribution is -2.12. The number of carbonyl (C=O) groups is 1. The fourth-order valence-corrected chi connectivity index (χ4v) is 2.99. The average Bonchev–Trinajstić information content (AvgIpc) is 2.70. The number of nitrogens with one attached hydrogen (secondary N) is 2. The summed E-state index contributed by atoms with van der Waals surface area (Å²) >= 11 is 6.06. The van der Waals surface area contributed by atoms with Crippen LogP contribution in [0.25, 0.3) is 0 Å². The van der Waals surface area contributed by atoms with Crippen LogP contribution in [-0.2, 0) is 6.42 Å². The van der Waals surface area contributed by atoms with E-state index in [4.69, 9.17) is 16.3 Å². The van der Waals surface area contributed by atoms with Gasteiger partial charge in [-0.25, -0.2) is 0 Å². The van der Waals surface area contributed by atoms with Gasteiger partial charge in [0, 0.05) is 17.9 Å². The highest BCUT2D eigenvalue weighted by Gasteiger charge is 2.09. The molecule has 138 valence electrons. The van der Waals surface area contributed by atoms with Crippen molar-refractivity contribution in [2.24, 2.45) is 0 Å². The lowest BCUT2D eigenvalue weighted by Gasteiger charge is -2.11. The Morgan fingerprint density at radius 2 is 1.59 bits per heavy atom. The van der Waals surface area contributed by atoms with Crippen LogP contribution in [0, 0.1) is 0 Å². The molecule has 3 rings (SSSR count). The van der Waals surface area contributed by atoms with Crippen molar-refractivity contribution >= 4 is 28.9 Å². The summed E-state index contributed by atoms with van der Waals surface area (Å²) in [7, 11) is 1.68. The minimum absolute atomic E-state index is 0.225. The summed E-state index contributed by atoms with van der Waals surface area (Å²) in [5.41, 5.74) is 3.32. The standard InChI is InChI=1S/C22H21ClN2O2/c1-27-21-9-5-2-6-16(21)14-15-24-17-10-12-18(13-11-17)25-22(26)19-7-3-4-8-20(19)23/h2-13,24H,14-15H2,1H3,(H,25,26). The fraction of sp³-hybridized carbons (Fsp3) is 0.136. The Kier molecular flexibility index (Phi) is 6.34. The van der Waals surface area contributed by atoms with Crippen LogP contribution in [0.5, 0.6) is 5.75 Å². The van der Waals surface area contributed by atoms with Gasteiger partial charge in [-0.05, 0) is 54.4 Å². The van der Waals surface area contributed by atoms with Gasteiger partial charge in [0.2, 0.25) is 0 Å². The maximum absolute atomic E-state index is 12.3. The lowest BCUT2D eigenvalue weighted by molar-refractivity contribution is 0.102. The van der Waals surface area contributed by atoms with Crippen molar-refractivity contribution in [2.45, 2.75) is 6.42 Å². The van der Waals surface area contributed by atoms with Crippen LogP contribution in [0.15, 0.2) is 72.8 Å². The Labute approximate surface area is 164 Å². The predicted octanol–water partition coefficient (Wildman–Crippen LogP) is 5.26. The molecular weight excluding hydrogens is 360 g/mol. The van der Waals surface area contributed by atoms with E-state index in [2.05, 4.69) is 16.7 Å². The first-order valence-electron chi connectivity index (χ1n) is 8.69. The van der Waals surface area contributed by atoms with Crippen LogP contribution in [0.4, 0.5) is 11.4 Å². The van der Waals surface area contributed by atoms with Crippen LogP contribution in [0.2, 0.25) is 5.02 Å². The molecule has 0 aliphatic rings. The molecule has 0 spiro atoms. The monoisotopic (exact) mass is 380 g/mol. The molecule has 0 unspecified atom stereocenters. The summed E-state index contributed by atoms with van der Waals surface area (Å²) in [4.78, 5) is 12.3. The smallest absolute Gasteiger partial charge is 0.257 e. The minimum atomic E-state index is -0.225. The van der Waals surface area contributed by atoms with E-state index in [0.717, 1.165) is 35.7 Å². The summed E-state index contributed by atoms with van der Waals surface area (Å²) in [5.74, 6) is 0.675. The number of carbonyl (C=O) groups excluding carboxylic acids is 1. The van der Waals surface area contributed by atoms with Gasteiger partial charge in [-0.3, -0.25) is 4.79 Å². The van der Waals surface area contributed by atoms with Gasteiger partial charge in [-0.15, -0.1) is 0 Å². The molecule has 3 aromatic carbocycles. The number of amides is 1. The quantitative estimate of drug-likeness (QED) is 0.588. The van der Waals surface area contributed by atoms with E-state index in [-0.39, 0.29) is 5.91 Å². The molecule has 0 aliphatic carbocycles. The Balaban J connectivity index is 1.54. The van der Waals surface area contributed by atoms with Gasteiger partial charge in [0.25, 0.3) is 5.91 Å². The normalized spacial score (nSPS) is 10.3. The largest absolute Gasteiger partial charge is 0.496 e. The molecule has 0 fully saturated rings. The van der Waals surface area contributed by atoms with Crippen LogP contribution in [0.1, 0.15) is 15.9 Å². The third kappa shape index (κ3) is 5.02. The van der Waals surface area contributed by atoms with Crippen LogP contribution < -0.4 is 15.4 Å². The zero-order valence-electron chi connectivity index (χ0n) is 15.0. The third-order valence-corrected chi connectivity index (χ3v) is 4.51. The van der Waals surface area contributed by atoms with E-state index in [0.29, 0.717) is 10.6 Å².